The first kappa shape index (κ1) is 17.9. The van der Waals surface area contributed by atoms with Gasteiger partial charge in [0.15, 0.2) is 0 Å². The second-order valence-electron chi connectivity index (χ2n) is 6.04. The van der Waals surface area contributed by atoms with E-state index in [-0.39, 0.29) is 11.8 Å². The lowest BCUT2D eigenvalue weighted by atomic mass is 10.1. The topological polar surface area (TPSA) is 44.4 Å². The van der Waals surface area contributed by atoms with Crippen molar-refractivity contribution in [2.45, 2.75) is 19.5 Å². The van der Waals surface area contributed by atoms with Gasteiger partial charge in [0.2, 0.25) is 0 Å². The zero-order chi connectivity index (χ0) is 17.4. The van der Waals surface area contributed by atoms with Crippen molar-refractivity contribution >= 4 is 6.03 Å². The van der Waals surface area contributed by atoms with Gasteiger partial charge in [-0.3, -0.25) is 0 Å². The maximum absolute atomic E-state index is 13.1. The van der Waals surface area contributed by atoms with Crippen molar-refractivity contribution in [1.82, 2.24) is 15.5 Å². The Kier molecular flexibility index (Phi) is 6.75. The Morgan fingerprint density at radius 2 is 1.71 bits per heavy atom. The number of nitrogens with zero attached hydrogens (tertiary/aromatic N) is 1. The summed E-state index contributed by atoms with van der Waals surface area (Å²) in [6.07, 6.45) is 0.602. The molecule has 0 aliphatic rings. The van der Waals surface area contributed by atoms with Gasteiger partial charge in [-0.1, -0.05) is 36.4 Å². The lowest BCUT2D eigenvalue weighted by Crippen LogP contribution is -2.36. The SMILES string of the molecule is CN(C)Cc1ccc(CNC(=O)NCCc2cccc(F)c2)cc1. The third-order valence-corrected chi connectivity index (χ3v) is 3.56. The molecular weight excluding hydrogens is 305 g/mol. The summed E-state index contributed by atoms with van der Waals surface area (Å²) in [4.78, 5) is 13.9. The molecule has 2 aromatic rings. The number of carbonyl (C=O) groups is 1. The quantitative estimate of drug-likeness (QED) is 0.820. The third kappa shape index (κ3) is 6.38. The molecule has 0 saturated heterocycles. The Morgan fingerprint density at radius 3 is 2.38 bits per heavy atom. The molecule has 0 spiro atoms. The first-order valence-corrected chi connectivity index (χ1v) is 8.01. The minimum atomic E-state index is -0.255. The second-order valence-corrected chi connectivity index (χ2v) is 6.04. The van der Waals surface area contributed by atoms with Crippen LogP contribution in [0.3, 0.4) is 0 Å². The number of amides is 2. The molecule has 24 heavy (non-hydrogen) atoms. The van der Waals surface area contributed by atoms with Gasteiger partial charge >= 0.3 is 6.03 Å². The molecule has 2 amide bonds. The van der Waals surface area contributed by atoms with Crippen LogP contribution in [0.1, 0.15) is 16.7 Å². The smallest absolute Gasteiger partial charge is 0.315 e. The van der Waals surface area contributed by atoms with Crippen molar-refractivity contribution in [2.75, 3.05) is 20.6 Å². The van der Waals surface area contributed by atoms with Crippen LogP contribution < -0.4 is 10.6 Å². The number of rotatable bonds is 7. The number of urea groups is 1. The Morgan fingerprint density at radius 1 is 1.00 bits per heavy atom. The van der Waals surface area contributed by atoms with E-state index in [4.69, 9.17) is 0 Å². The van der Waals surface area contributed by atoms with Gasteiger partial charge in [-0.25, -0.2) is 9.18 Å². The van der Waals surface area contributed by atoms with Crippen molar-refractivity contribution in [3.8, 4) is 0 Å². The summed E-state index contributed by atoms with van der Waals surface area (Å²) in [6.45, 7) is 1.85. The van der Waals surface area contributed by atoms with Crippen molar-refractivity contribution in [3.05, 3.63) is 71.0 Å². The predicted octanol–water partition coefficient (Wildman–Crippen LogP) is 2.93. The molecule has 0 aromatic heterocycles. The predicted molar refractivity (Wildman–Crippen MR) is 94.2 cm³/mol. The first-order chi connectivity index (χ1) is 11.5. The number of nitrogens with one attached hydrogen (secondary N) is 2. The summed E-state index contributed by atoms with van der Waals surface area (Å²) >= 11 is 0. The Labute approximate surface area is 142 Å². The molecule has 0 aliphatic heterocycles. The summed E-state index contributed by atoms with van der Waals surface area (Å²) in [5, 5.41) is 5.60. The van der Waals surface area contributed by atoms with Gasteiger partial charge in [-0.2, -0.15) is 0 Å². The summed E-state index contributed by atoms with van der Waals surface area (Å²) in [7, 11) is 4.06. The molecule has 0 aliphatic carbocycles. The Bertz CT molecular complexity index is 656. The van der Waals surface area contributed by atoms with E-state index in [0.717, 1.165) is 17.7 Å². The summed E-state index contributed by atoms with van der Waals surface area (Å²) < 4.78 is 13.1. The van der Waals surface area contributed by atoms with Crippen molar-refractivity contribution < 1.29 is 9.18 Å². The molecule has 128 valence electrons. The maximum atomic E-state index is 13.1. The molecular formula is C19H24FN3O. The van der Waals surface area contributed by atoms with E-state index in [9.17, 15) is 9.18 Å². The average Bonchev–Trinajstić information content (AvgIpc) is 2.54. The van der Waals surface area contributed by atoms with E-state index in [1.165, 1.54) is 17.7 Å². The van der Waals surface area contributed by atoms with Crippen molar-refractivity contribution in [1.29, 1.82) is 0 Å². The van der Waals surface area contributed by atoms with Crippen LogP contribution in [0, 0.1) is 5.82 Å². The number of halogens is 1. The minimum Gasteiger partial charge on any atom is -0.338 e. The van der Waals surface area contributed by atoms with Crippen LogP contribution in [-0.2, 0) is 19.5 Å². The van der Waals surface area contributed by atoms with E-state index in [2.05, 4.69) is 27.7 Å². The fraction of sp³-hybridized carbons (Fsp3) is 0.316. The van der Waals surface area contributed by atoms with E-state index in [1.54, 1.807) is 6.07 Å². The van der Waals surface area contributed by atoms with Crippen LogP contribution in [0.2, 0.25) is 0 Å². The van der Waals surface area contributed by atoms with Crippen LogP contribution in [0.15, 0.2) is 48.5 Å². The monoisotopic (exact) mass is 329 g/mol. The lowest BCUT2D eigenvalue weighted by Gasteiger charge is -2.11. The van der Waals surface area contributed by atoms with Gasteiger partial charge < -0.3 is 15.5 Å². The highest BCUT2D eigenvalue weighted by Gasteiger charge is 2.02. The molecule has 4 nitrogen and oxygen atoms in total. The van der Waals surface area contributed by atoms with Gasteiger partial charge in [0.05, 0.1) is 0 Å². The minimum absolute atomic E-state index is 0.219. The summed E-state index contributed by atoms with van der Waals surface area (Å²) in [5.74, 6) is -0.255. The molecule has 0 heterocycles. The van der Waals surface area contributed by atoms with E-state index in [1.807, 2.05) is 32.3 Å². The summed E-state index contributed by atoms with van der Waals surface area (Å²) in [6, 6.07) is 14.4. The number of hydrogen-bond donors (Lipinski definition) is 2. The van der Waals surface area contributed by atoms with E-state index < -0.39 is 0 Å². The summed E-state index contributed by atoms with van der Waals surface area (Å²) in [5.41, 5.74) is 3.16. The lowest BCUT2D eigenvalue weighted by molar-refractivity contribution is 0.240. The van der Waals surface area contributed by atoms with Gasteiger partial charge in [0, 0.05) is 19.6 Å². The standard InChI is InChI=1S/C19H24FN3O/c1-23(2)14-17-8-6-16(7-9-17)13-22-19(24)21-11-10-15-4-3-5-18(20)12-15/h3-9,12H,10-11,13-14H2,1-2H3,(H2,21,22,24). The second kappa shape index (κ2) is 9.03. The van der Waals surface area contributed by atoms with Gasteiger partial charge in [0.1, 0.15) is 5.82 Å². The Balaban J connectivity index is 1.69. The zero-order valence-electron chi connectivity index (χ0n) is 14.2. The highest BCUT2D eigenvalue weighted by Crippen LogP contribution is 2.06. The number of hydrogen-bond acceptors (Lipinski definition) is 2. The fourth-order valence-electron chi connectivity index (χ4n) is 2.39. The zero-order valence-corrected chi connectivity index (χ0v) is 14.2. The van der Waals surface area contributed by atoms with Crippen LogP contribution in [-0.4, -0.2) is 31.6 Å². The number of benzene rings is 2. The molecule has 0 unspecified atom stereocenters. The molecule has 2 rings (SSSR count). The van der Waals surface area contributed by atoms with Gasteiger partial charge in [0.25, 0.3) is 0 Å². The fourth-order valence-corrected chi connectivity index (χ4v) is 2.39. The van der Waals surface area contributed by atoms with Gasteiger partial charge in [-0.05, 0) is 49.3 Å². The van der Waals surface area contributed by atoms with Gasteiger partial charge in [-0.15, -0.1) is 0 Å². The van der Waals surface area contributed by atoms with Crippen LogP contribution in [0.4, 0.5) is 9.18 Å². The molecule has 0 bridgehead atoms. The largest absolute Gasteiger partial charge is 0.338 e. The molecule has 0 fully saturated rings. The van der Waals surface area contributed by atoms with Crippen LogP contribution >= 0.6 is 0 Å². The van der Waals surface area contributed by atoms with E-state index >= 15 is 0 Å². The van der Waals surface area contributed by atoms with Crippen LogP contribution in [0.5, 0.6) is 0 Å². The highest BCUT2D eigenvalue weighted by atomic mass is 19.1. The third-order valence-electron chi connectivity index (χ3n) is 3.56. The van der Waals surface area contributed by atoms with Crippen molar-refractivity contribution in [2.24, 2.45) is 0 Å². The highest BCUT2D eigenvalue weighted by molar-refractivity contribution is 5.73. The normalized spacial score (nSPS) is 10.7. The first-order valence-electron chi connectivity index (χ1n) is 8.01. The molecule has 2 aromatic carbocycles. The molecule has 0 saturated carbocycles. The molecule has 2 N–H and O–H groups in total. The van der Waals surface area contributed by atoms with Crippen molar-refractivity contribution in [3.63, 3.8) is 0 Å². The van der Waals surface area contributed by atoms with Crippen LogP contribution in [0.25, 0.3) is 0 Å². The maximum Gasteiger partial charge on any atom is 0.315 e. The molecule has 0 radical (unpaired) electrons. The molecule has 5 heteroatoms. The number of carbonyl (C=O) groups excluding carboxylic acids is 1. The molecule has 0 atom stereocenters. The Hall–Kier alpha value is -2.40. The van der Waals surface area contributed by atoms with E-state index in [0.29, 0.717) is 19.5 Å². The average molecular weight is 329 g/mol.